The second kappa shape index (κ2) is 12.3. The van der Waals surface area contributed by atoms with Gasteiger partial charge in [-0.15, -0.1) is 0 Å². The molecule has 4 aliphatic rings. The molecule has 8 rings (SSSR count). The number of hydrogen-bond donors (Lipinski definition) is 0. The lowest BCUT2D eigenvalue weighted by Gasteiger charge is -2.43. The van der Waals surface area contributed by atoms with Gasteiger partial charge in [0.15, 0.2) is 34.5 Å². The predicted molar refractivity (Wildman–Crippen MR) is 182 cm³/mol. The summed E-state index contributed by atoms with van der Waals surface area (Å²) in [6.45, 7) is 1.93. The number of likely N-dealkylation sites (N-methyl/N-ethyl adjacent to an activating group) is 2. The van der Waals surface area contributed by atoms with Gasteiger partial charge in [0.1, 0.15) is 11.8 Å². The van der Waals surface area contributed by atoms with Crippen molar-refractivity contribution >= 4 is 0 Å². The van der Waals surface area contributed by atoms with Gasteiger partial charge in [0, 0.05) is 25.4 Å². The van der Waals surface area contributed by atoms with Crippen molar-refractivity contribution < 1.29 is 32.9 Å². The van der Waals surface area contributed by atoms with Crippen LogP contribution in [-0.4, -0.2) is 72.1 Å². The van der Waals surface area contributed by atoms with Crippen molar-refractivity contribution in [3.63, 3.8) is 0 Å². The third kappa shape index (κ3) is 5.63. The monoisotopic (exact) mass is 637 g/mol. The molecule has 0 amide bonds. The molecule has 8 nitrogen and oxygen atoms in total. The molecule has 0 fully saturated rings. The van der Waals surface area contributed by atoms with Gasteiger partial charge in [-0.05, 0) is 90.2 Å². The maximum absolute atomic E-state index is 7.09. The fourth-order valence-electron chi connectivity index (χ4n) is 7.61. The van der Waals surface area contributed by atoms with E-state index in [4.69, 9.17) is 28.4 Å². The molecule has 0 saturated carbocycles. The molecule has 0 N–H and O–H groups in total. The van der Waals surface area contributed by atoms with Crippen LogP contribution in [0.5, 0.6) is 46.0 Å². The fraction of sp³-hybridized carbons (Fsp3) is 0.385. The number of quaternary nitrogens is 1. The first-order chi connectivity index (χ1) is 22.7. The van der Waals surface area contributed by atoms with Crippen molar-refractivity contribution in [2.24, 2.45) is 0 Å². The molecule has 8 heteroatoms. The first-order valence-electron chi connectivity index (χ1n) is 16.4. The summed E-state index contributed by atoms with van der Waals surface area (Å²) in [6, 6.07) is 21.4. The molecule has 0 saturated heterocycles. The Balaban J connectivity index is 1.49. The average molecular weight is 638 g/mol. The third-order valence-electron chi connectivity index (χ3n) is 10.4. The Hall–Kier alpha value is -4.40. The number of methoxy groups -OCH3 is 4. The molecular weight excluding hydrogens is 592 g/mol. The van der Waals surface area contributed by atoms with E-state index < -0.39 is 0 Å². The summed E-state index contributed by atoms with van der Waals surface area (Å²) in [5.41, 5.74) is 7.23. The normalized spacial score (nSPS) is 19.7. The Morgan fingerprint density at radius 1 is 0.702 bits per heavy atom. The van der Waals surface area contributed by atoms with E-state index in [2.05, 4.69) is 80.6 Å². The molecule has 4 heterocycles. The molecule has 6 bridgehead atoms. The van der Waals surface area contributed by atoms with Crippen molar-refractivity contribution in [3.05, 3.63) is 94.0 Å². The van der Waals surface area contributed by atoms with E-state index in [9.17, 15) is 0 Å². The van der Waals surface area contributed by atoms with Gasteiger partial charge in [-0.3, -0.25) is 4.90 Å². The molecule has 0 aliphatic carbocycles. The van der Waals surface area contributed by atoms with Crippen LogP contribution in [0.4, 0.5) is 0 Å². The Bertz CT molecular complexity index is 1800. The molecule has 2 atom stereocenters. The summed E-state index contributed by atoms with van der Waals surface area (Å²) in [5.74, 6) is 5.47. The largest absolute Gasteiger partial charge is 0.493 e. The van der Waals surface area contributed by atoms with Crippen LogP contribution in [0.2, 0.25) is 0 Å². The molecule has 4 aromatic rings. The van der Waals surface area contributed by atoms with Crippen molar-refractivity contribution in [2.75, 3.05) is 62.7 Å². The lowest BCUT2D eigenvalue weighted by atomic mass is 9.85. The van der Waals surface area contributed by atoms with E-state index in [0.29, 0.717) is 40.2 Å². The van der Waals surface area contributed by atoms with Crippen molar-refractivity contribution in [1.29, 1.82) is 0 Å². The zero-order valence-corrected chi connectivity index (χ0v) is 28.5. The van der Waals surface area contributed by atoms with Crippen LogP contribution in [0, 0.1) is 0 Å². The maximum atomic E-state index is 7.09. The smallest absolute Gasteiger partial charge is 0.204 e. The lowest BCUT2D eigenvalue weighted by molar-refractivity contribution is -0.923. The minimum atomic E-state index is 0.0514. The van der Waals surface area contributed by atoms with Gasteiger partial charge >= 0.3 is 0 Å². The van der Waals surface area contributed by atoms with Crippen molar-refractivity contribution in [2.45, 2.75) is 37.8 Å². The number of ether oxygens (including phenoxy) is 6. The van der Waals surface area contributed by atoms with E-state index in [-0.39, 0.29) is 12.1 Å². The van der Waals surface area contributed by atoms with Crippen LogP contribution in [0.1, 0.15) is 45.5 Å². The molecule has 0 unspecified atom stereocenters. The van der Waals surface area contributed by atoms with Crippen LogP contribution in [0.15, 0.2) is 60.7 Å². The molecule has 246 valence electrons. The highest BCUT2D eigenvalue weighted by Gasteiger charge is 2.41. The number of hydrogen-bond acceptors (Lipinski definition) is 7. The minimum absolute atomic E-state index is 0.0514. The summed E-state index contributed by atoms with van der Waals surface area (Å²) < 4.78 is 38.1. The SMILES string of the molecule is COc1ccc2cc1Oc1ccc(cc1)C[C@H]1c3cc(c(OC)cc3CCN1C)Oc1c(OC)c(OC)cc3c1[C@@H](C2)[N+](C)(C)CC3. The van der Waals surface area contributed by atoms with Crippen molar-refractivity contribution in [3.8, 4) is 46.0 Å². The fourth-order valence-corrected chi connectivity index (χ4v) is 7.61. The highest BCUT2D eigenvalue weighted by Crippen LogP contribution is 2.53. The third-order valence-corrected chi connectivity index (χ3v) is 10.4. The predicted octanol–water partition coefficient (Wildman–Crippen LogP) is 7.31. The van der Waals surface area contributed by atoms with E-state index in [0.717, 1.165) is 60.1 Å². The first-order valence-corrected chi connectivity index (χ1v) is 16.4. The van der Waals surface area contributed by atoms with Crippen LogP contribution < -0.4 is 28.4 Å². The average Bonchev–Trinajstić information content (AvgIpc) is 3.07. The van der Waals surface area contributed by atoms with Gasteiger partial charge in [0.2, 0.25) is 5.75 Å². The Morgan fingerprint density at radius 2 is 1.40 bits per heavy atom. The van der Waals surface area contributed by atoms with Gasteiger partial charge in [-0.2, -0.15) is 0 Å². The zero-order chi connectivity index (χ0) is 32.9. The highest BCUT2D eigenvalue weighted by molar-refractivity contribution is 5.63. The van der Waals surface area contributed by atoms with Gasteiger partial charge in [-0.1, -0.05) is 18.2 Å². The molecule has 0 radical (unpaired) electrons. The van der Waals surface area contributed by atoms with Crippen molar-refractivity contribution in [1.82, 2.24) is 4.90 Å². The lowest BCUT2D eigenvalue weighted by Crippen LogP contribution is -2.48. The van der Waals surface area contributed by atoms with E-state index in [1.54, 1.807) is 28.4 Å². The van der Waals surface area contributed by atoms with Crippen LogP contribution in [0.3, 0.4) is 0 Å². The van der Waals surface area contributed by atoms with Gasteiger partial charge in [-0.25, -0.2) is 0 Å². The second-order valence-corrected chi connectivity index (χ2v) is 13.5. The Labute approximate surface area is 277 Å². The first kappa shape index (κ1) is 31.2. The summed E-state index contributed by atoms with van der Waals surface area (Å²) >= 11 is 0. The number of rotatable bonds is 4. The summed E-state index contributed by atoms with van der Waals surface area (Å²) in [4.78, 5) is 2.43. The Kier molecular flexibility index (Phi) is 8.18. The quantitative estimate of drug-likeness (QED) is 0.218. The van der Waals surface area contributed by atoms with Gasteiger partial charge < -0.3 is 32.9 Å². The second-order valence-electron chi connectivity index (χ2n) is 13.5. The summed E-state index contributed by atoms with van der Waals surface area (Å²) in [6.07, 6.45) is 3.42. The van der Waals surface area contributed by atoms with Crippen LogP contribution in [0.25, 0.3) is 0 Å². The highest BCUT2D eigenvalue weighted by atomic mass is 16.5. The van der Waals surface area contributed by atoms with E-state index >= 15 is 0 Å². The molecule has 4 aromatic carbocycles. The molecule has 47 heavy (non-hydrogen) atoms. The summed E-state index contributed by atoms with van der Waals surface area (Å²) in [7, 11) is 13.6. The summed E-state index contributed by atoms with van der Waals surface area (Å²) in [5, 5.41) is 0. The van der Waals surface area contributed by atoms with E-state index in [1.165, 1.54) is 22.3 Å². The van der Waals surface area contributed by atoms with Crippen LogP contribution >= 0.6 is 0 Å². The number of nitrogens with zero attached hydrogens (tertiary/aromatic N) is 2. The number of benzene rings is 4. The number of fused-ring (bicyclic) bond motifs is 2. The van der Waals surface area contributed by atoms with Gasteiger partial charge in [0.05, 0.1) is 54.6 Å². The molecule has 4 aliphatic heterocycles. The topological polar surface area (TPSA) is 58.6 Å². The minimum Gasteiger partial charge on any atom is -0.493 e. The molecular formula is C39H45N2O6+. The molecule has 0 spiro atoms. The van der Waals surface area contributed by atoms with E-state index in [1.807, 2.05) is 6.07 Å². The standard InChI is InChI=1S/C39H45N2O6/c1-40-16-14-26-21-33(43-5)35-23-29(26)30(40)18-24-8-11-28(12-9-24)46-34-20-25(10-13-32(34)42-4)19-31-37-27(15-17-41(31,2)3)22-36(44-6)38(45-7)39(37)47-35/h8-13,20-23,30-31H,14-19H2,1-7H3/q+1/t30-,31+/m0/s1. The zero-order valence-electron chi connectivity index (χ0n) is 28.5. The Morgan fingerprint density at radius 3 is 2.13 bits per heavy atom. The molecule has 0 aromatic heterocycles. The van der Waals surface area contributed by atoms with Gasteiger partial charge in [0.25, 0.3) is 0 Å². The van der Waals surface area contributed by atoms with Crippen LogP contribution in [-0.2, 0) is 25.7 Å². The maximum Gasteiger partial charge on any atom is 0.204 e.